The molecule has 1 aliphatic rings. The summed E-state index contributed by atoms with van der Waals surface area (Å²) in [5, 5.41) is 7.36. The zero-order valence-electron chi connectivity index (χ0n) is 26.5. The minimum atomic E-state index is -3.72. The van der Waals surface area contributed by atoms with Crippen LogP contribution in [0.2, 0.25) is 0 Å². The molecule has 0 bridgehead atoms. The number of hydrogen-bond donors (Lipinski definition) is 3. The molecule has 1 fully saturated rings. The van der Waals surface area contributed by atoms with E-state index in [1.807, 2.05) is 0 Å². The van der Waals surface area contributed by atoms with Gasteiger partial charge < -0.3 is 25.4 Å². The molecule has 0 spiro atoms. The Morgan fingerprint density at radius 2 is 1.83 bits per heavy atom. The molecule has 13 heteroatoms. The molecule has 0 radical (unpaired) electrons. The second-order valence-corrected chi connectivity index (χ2v) is 13.3. The molecule has 47 heavy (non-hydrogen) atoms. The molecule has 1 aromatic heterocycles. The van der Waals surface area contributed by atoms with Crippen LogP contribution >= 0.6 is 0 Å². The first-order valence-corrected chi connectivity index (χ1v) is 17.2. The van der Waals surface area contributed by atoms with Gasteiger partial charge in [-0.1, -0.05) is 6.92 Å². The number of nitrogens with zero attached hydrogens (tertiary/aromatic N) is 2. The summed E-state index contributed by atoms with van der Waals surface area (Å²) < 4.78 is 52.8. The summed E-state index contributed by atoms with van der Waals surface area (Å²) in [4.78, 5) is 32.6. The molecule has 0 aliphatic carbocycles. The fraction of sp³-hybridized carbons (Fsp3) is 0.324. The zero-order valence-corrected chi connectivity index (χ0v) is 27.3. The number of nitrogens with one attached hydrogen (secondary N) is 2. The van der Waals surface area contributed by atoms with Crippen LogP contribution in [0.4, 0.5) is 26.4 Å². The lowest BCUT2D eigenvalue weighted by Gasteiger charge is -2.31. The maximum absolute atomic E-state index is 15.6. The number of likely N-dealkylation sites (tertiary alicyclic amines) is 1. The maximum Gasteiger partial charge on any atom is 0.411 e. The smallest absolute Gasteiger partial charge is 0.411 e. The highest BCUT2D eigenvalue weighted by atomic mass is 32.2. The SMILES string of the molecule is CCOC(=O)Nc1ccc(S(=O)(=O)CC)c([C@H]2CCCN2C(=O)[C@H](Nc2ccc3c(N)nccc3c2)c2cc(OCC)ccc2F)c1. The van der Waals surface area contributed by atoms with Gasteiger partial charge in [-0.25, -0.2) is 22.6 Å². The average molecular weight is 664 g/mol. The van der Waals surface area contributed by atoms with E-state index in [9.17, 15) is 18.0 Å². The number of benzene rings is 3. The van der Waals surface area contributed by atoms with Crippen molar-refractivity contribution >= 4 is 49.8 Å². The van der Waals surface area contributed by atoms with Gasteiger partial charge >= 0.3 is 6.09 Å². The highest BCUT2D eigenvalue weighted by molar-refractivity contribution is 7.91. The number of carbonyl (C=O) groups is 2. The van der Waals surface area contributed by atoms with Crippen molar-refractivity contribution in [1.82, 2.24) is 9.88 Å². The molecule has 248 valence electrons. The van der Waals surface area contributed by atoms with Gasteiger partial charge in [-0.3, -0.25) is 10.1 Å². The third-order valence-corrected chi connectivity index (χ3v) is 9.89. The van der Waals surface area contributed by atoms with Crippen molar-refractivity contribution in [1.29, 1.82) is 0 Å². The van der Waals surface area contributed by atoms with E-state index in [-0.39, 0.29) is 22.8 Å². The van der Waals surface area contributed by atoms with E-state index < -0.39 is 39.7 Å². The fourth-order valence-electron chi connectivity index (χ4n) is 5.86. The van der Waals surface area contributed by atoms with Gasteiger partial charge in [0.15, 0.2) is 9.84 Å². The Morgan fingerprint density at radius 3 is 2.57 bits per heavy atom. The van der Waals surface area contributed by atoms with Gasteiger partial charge in [0.2, 0.25) is 5.91 Å². The standard InChI is InChI=1S/C34H38FN5O6S/c1-4-45-24-11-13-28(35)26(20-24)31(38-22-9-12-25-21(18-22)15-16-37-32(25)36)33(41)40-17-7-8-29(40)27-19-23(39-34(42)46-5-2)10-14-30(27)47(43,44)6-3/h9-16,18-20,29,31,38H,4-8,17H2,1-3H3,(H2,36,37)(H,39,42)/t29-,31-/m1/s1. The Labute approximate surface area is 273 Å². The molecule has 11 nitrogen and oxygen atoms in total. The van der Waals surface area contributed by atoms with E-state index >= 15 is 4.39 Å². The Morgan fingerprint density at radius 1 is 1.04 bits per heavy atom. The van der Waals surface area contributed by atoms with Crippen molar-refractivity contribution in [3.8, 4) is 5.75 Å². The number of fused-ring (bicyclic) bond motifs is 1. The van der Waals surface area contributed by atoms with E-state index in [0.29, 0.717) is 54.5 Å². The predicted molar refractivity (Wildman–Crippen MR) is 179 cm³/mol. The number of aromatic nitrogens is 1. The Hall–Kier alpha value is -4.91. The molecule has 2 atom stereocenters. The number of nitrogens with two attached hydrogens (primary N) is 1. The Balaban J connectivity index is 1.59. The van der Waals surface area contributed by atoms with E-state index in [1.54, 1.807) is 62.2 Å². The van der Waals surface area contributed by atoms with E-state index in [2.05, 4.69) is 15.6 Å². The number of pyridine rings is 1. The van der Waals surface area contributed by atoms with Crippen molar-refractivity contribution in [2.24, 2.45) is 0 Å². The monoisotopic (exact) mass is 663 g/mol. The molecule has 2 heterocycles. The molecule has 2 amide bonds. The molecule has 3 aromatic carbocycles. The van der Waals surface area contributed by atoms with Gasteiger partial charge in [0.05, 0.1) is 29.9 Å². The van der Waals surface area contributed by atoms with Gasteiger partial charge in [0, 0.05) is 35.1 Å². The van der Waals surface area contributed by atoms with Crippen LogP contribution in [0.15, 0.2) is 71.8 Å². The summed E-state index contributed by atoms with van der Waals surface area (Å²) in [6, 6.07) is 14.0. The van der Waals surface area contributed by atoms with E-state index in [4.69, 9.17) is 15.2 Å². The summed E-state index contributed by atoms with van der Waals surface area (Å²) in [5.41, 5.74) is 7.33. The quantitative estimate of drug-likeness (QED) is 0.169. The number of rotatable bonds is 11. The summed E-state index contributed by atoms with van der Waals surface area (Å²) in [6.07, 6.45) is 1.92. The second-order valence-electron chi connectivity index (χ2n) is 11.0. The van der Waals surface area contributed by atoms with E-state index in [1.165, 1.54) is 30.3 Å². The van der Waals surface area contributed by atoms with Gasteiger partial charge in [-0.2, -0.15) is 0 Å². The first-order valence-electron chi connectivity index (χ1n) is 15.5. The number of nitrogen functional groups attached to an aromatic ring is 1. The number of carbonyl (C=O) groups excluding carboxylic acids is 2. The van der Waals surface area contributed by atoms with Crippen molar-refractivity contribution < 1.29 is 31.9 Å². The first kappa shape index (κ1) is 33.5. The molecule has 0 saturated carbocycles. The van der Waals surface area contributed by atoms with Crippen LogP contribution in [0.25, 0.3) is 10.8 Å². The molecule has 4 N–H and O–H groups in total. The van der Waals surface area contributed by atoms with E-state index in [0.717, 1.165) is 10.8 Å². The van der Waals surface area contributed by atoms with Gasteiger partial charge in [0.25, 0.3) is 0 Å². The Bertz CT molecular complexity index is 1900. The van der Waals surface area contributed by atoms with Crippen LogP contribution in [0.1, 0.15) is 56.8 Å². The number of ether oxygens (including phenoxy) is 2. The molecular formula is C34H38FN5O6S. The molecule has 5 rings (SSSR count). The molecule has 1 aliphatic heterocycles. The van der Waals surface area contributed by atoms with Crippen LogP contribution in [0.5, 0.6) is 5.75 Å². The predicted octanol–water partition coefficient (Wildman–Crippen LogP) is 6.23. The van der Waals surface area contributed by atoms with Crippen LogP contribution < -0.4 is 21.1 Å². The summed E-state index contributed by atoms with van der Waals surface area (Å²) in [7, 11) is -3.72. The highest BCUT2D eigenvalue weighted by Crippen LogP contribution is 2.40. The number of anilines is 3. The summed E-state index contributed by atoms with van der Waals surface area (Å²) in [5.74, 6) is -0.480. The largest absolute Gasteiger partial charge is 0.494 e. The minimum Gasteiger partial charge on any atom is -0.494 e. The number of sulfone groups is 1. The zero-order chi connectivity index (χ0) is 33.7. The average Bonchev–Trinajstić information content (AvgIpc) is 3.55. The number of hydrogen-bond acceptors (Lipinski definition) is 9. The second kappa shape index (κ2) is 14.2. The van der Waals surface area contributed by atoms with Crippen molar-refractivity contribution in [3.63, 3.8) is 0 Å². The van der Waals surface area contributed by atoms with Crippen molar-refractivity contribution in [2.45, 2.75) is 50.6 Å². The lowest BCUT2D eigenvalue weighted by Crippen LogP contribution is -2.38. The third-order valence-electron chi connectivity index (χ3n) is 8.08. The van der Waals surface area contributed by atoms with Gasteiger partial charge in [0.1, 0.15) is 23.4 Å². The maximum atomic E-state index is 15.6. The fourth-order valence-corrected chi connectivity index (χ4v) is 7.00. The lowest BCUT2D eigenvalue weighted by molar-refractivity contribution is -0.133. The Kier molecular flexibility index (Phi) is 10.1. The topological polar surface area (TPSA) is 153 Å². The number of amides is 2. The molecular weight excluding hydrogens is 625 g/mol. The lowest BCUT2D eigenvalue weighted by atomic mass is 10.00. The summed E-state index contributed by atoms with van der Waals surface area (Å²) in [6.45, 7) is 5.82. The van der Waals surface area contributed by atoms with Gasteiger partial charge in [-0.05, 0) is 98.3 Å². The van der Waals surface area contributed by atoms with Crippen molar-refractivity contribution in [2.75, 3.05) is 41.9 Å². The van der Waals surface area contributed by atoms with Crippen molar-refractivity contribution in [3.05, 3.63) is 83.8 Å². The summed E-state index contributed by atoms with van der Waals surface area (Å²) >= 11 is 0. The number of halogens is 1. The van der Waals surface area contributed by atoms with Crippen LogP contribution in [0.3, 0.4) is 0 Å². The van der Waals surface area contributed by atoms with Crippen LogP contribution in [0, 0.1) is 5.82 Å². The first-order chi connectivity index (χ1) is 22.6. The normalized spacial score (nSPS) is 15.3. The molecule has 0 unspecified atom stereocenters. The van der Waals surface area contributed by atoms with Gasteiger partial charge in [-0.15, -0.1) is 0 Å². The third kappa shape index (κ3) is 7.25. The highest BCUT2D eigenvalue weighted by Gasteiger charge is 2.38. The molecule has 4 aromatic rings. The van der Waals surface area contributed by atoms with Crippen LogP contribution in [-0.4, -0.2) is 55.8 Å². The minimum absolute atomic E-state index is 0.0638. The molecule has 1 saturated heterocycles. The van der Waals surface area contributed by atoms with Crippen LogP contribution in [-0.2, 0) is 19.4 Å².